The van der Waals surface area contributed by atoms with Gasteiger partial charge in [-0.25, -0.2) is 18.4 Å². The number of hydrogen-bond donors (Lipinski definition) is 0. The molecule has 0 heterocycles. The summed E-state index contributed by atoms with van der Waals surface area (Å²) in [4.78, 5) is 25.0. The monoisotopic (exact) mass is 678 g/mol. The second-order valence-electron chi connectivity index (χ2n) is 11.5. The Labute approximate surface area is 278 Å². The first-order valence-corrected chi connectivity index (χ1v) is 16.3. The summed E-state index contributed by atoms with van der Waals surface area (Å²) in [7, 11) is 1.42. The molecule has 0 saturated carbocycles. The van der Waals surface area contributed by atoms with Crippen LogP contribution in [0.15, 0.2) is 60.7 Å². The number of halogens is 5. The predicted molar refractivity (Wildman–Crippen MR) is 172 cm³/mol. The first-order valence-electron chi connectivity index (χ1n) is 16.3. The van der Waals surface area contributed by atoms with Crippen LogP contribution < -0.4 is 9.47 Å². The largest absolute Gasteiger partial charge is 0.491 e. The zero-order chi connectivity index (χ0) is 34.9. The fourth-order valence-electron chi connectivity index (χ4n) is 4.96. The van der Waals surface area contributed by atoms with Crippen molar-refractivity contribution < 1.29 is 50.5 Å². The van der Waals surface area contributed by atoms with Gasteiger partial charge in [0.15, 0.2) is 17.7 Å². The summed E-state index contributed by atoms with van der Waals surface area (Å²) in [5.74, 6) is -4.15. The minimum absolute atomic E-state index is 0.0845. The van der Waals surface area contributed by atoms with E-state index >= 15 is 0 Å². The number of methoxy groups -OCH3 is 1. The molecule has 0 radical (unpaired) electrons. The molecule has 6 nitrogen and oxygen atoms in total. The number of benzene rings is 3. The van der Waals surface area contributed by atoms with Crippen LogP contribution in [0, 0.1) is 11.6 Å². The zero-order valence-corrected chi connectivity index (χ0v) is 27.4. The van der Waals surface area contributed by atoms with Gasteiger partial charge in [-0.05, 0) is 73.2 Å². The van der Waals surface area contributed by atoms with E-state index in [0.717, 1.165) is 31.4 Å². The highest BCUT2D eigenvalue weighted by Gasteiger charge is 2.42. The summed E-state index contributed by atoms with van der Waals surface area (Å²) >= 11 is 0. The Balaban J connectivity index is 1.52. The van der Waals surface area contributed by atoms with Crippen LogP contribution in [0.25, 0.3) is 11.1 Å². The van der Waals surface area contributed by atoms with Crippen molar-refractivity contribution in [1.82, 2.24) is 0 Å². The van der Waals surface area contributed by atoms with Gasteiger partial charge in [-0.3, -0.25) is 0 Å². The third-order valence-electron chi connectivity index (χ3n) is 7.69. The van der Waals surface area contributed by atoms with Gasteiger partial charge in [0.2, 0.25) is 0 Å². The predicted octanol–water partition coefficient (Wildman–Crippen LogP) is 10.3. The quantitative estimate of drug-likeness (QED) is 0.0513. The van der Waals surface area contributed by atoms with Crippen LogP contribution in [0.4, 0.5) is 22.0 Å². The van der Waals surface area contributed by atoms with Gasteiger partial charge >= 0.3 is 18.1 Å². The van der Waals surface area contributed by atoms with E-state index in [0.29, 0.717) is 30.2 Å². The lowest BCUT2D eigenvalue weighted by molar-refractivity contribution is -0.206. The van der Waals surface area contributed by atoms with Crippen LogP contribution in [0.3, 0.4) is 0 Å². The summed E-state index contributed by atoms with van der Waals surface area (Å²) in [6.07, 6.45) is 1.94. The van der Waals surface area contributed by atoms with Crippen LogP contribution in [0.1, 0.15) is 98.3 Å². The van der Waals surface area contributed by atoms with E-state index in [2.05, 4.69) is 11.7 Å². The van der Waals surface area contributed by atoms with Crippen LogP contribution >= 0.6 is 0 Å². The van der Waals surface area contributed by atoms with Gasteiger partial charge in [-0.2, -0.15) is 13.2 Å². The van der Waals surface area contributed by atoms with Crippen molar-refractivity contribution in [2.45, 2.75) is 89.8 Å². The Morgan fingerprint density at radius 3 is 1.98 bits per heavy atom. The summed E-state index contributed by atoms with van der Waals surface area (Å²) < 4.78 is 89.7. The highest BCUT2D eigenvalue weighted by atomic mass is 19.4. The summed E-state index contributed by atoms with van der Waals surface area (Å²) in [6, 6.07) is 13.4. The van der Waals surface area contributed by atoms with Crippen molar-refractivity contribution in [2.24, 2.45) is 0 Å². The molecule has 0 aliphatic rings. The Bertz CT molecular complexity index is 1440. The van der Waals surface area contributed by atoms with E-state index in [4.69, 9.17) is 14.2 Å². The molecule has 1 atom stereocenters. The second-order valence-corrected chi connectivity index (χ2v) is 11.5. The number of hydrogen-bond acceptors (Lipinski definition) is 6. The molecule has 3 rings (SSSR count). The van der Waals surface area contributed by atoms with Crippen molar-refractivity contribution in [3.63, 3.8) is 0 Å². The van der Waals surface area contributed by atoms with Gasteiger partial charge in [0.25, 0.3) is 0 Å². The van der Waals surface area contributed by atoms with E-state index in [1.165, 1.54) is 57.4 Å². The smallest absolute Gasteiger partial charge is 0.425 e. The van der Waals surface area contributed by atoms with Crippen molar-refractivity contribution in [3.8, 4) is 22.6 Å². The Kier molecular flexibility index (Phi) is 15.8. The van der Waals surface area contributed by atoms with Crippen molar-refractivity contribution in [3.05, 3.63) is 83.4 Å². The molecule has 0 saturated heterocycles. The average Bonchev–Trinajstić information content (AvgIpc) is 3.05. The highest BCUT2D eigenvalue weighted by Crippen LogP contribution is 2.29. The van der Waals surface area contributed by atoms with E-state index < -0.39 is 47.8 Å². The minimum atomic E-state index is -4.83. The van der Waals surface area contributed by atoms with E-state index in [1.807, 2.05) is 0 Å². The summed E-state index contributed by atoms with van der Waals surface area (Å²) in [5, 5.41) is 0. The molecule has 0 unspecified atom stereocenters. The van der Waals surface area contributed by atoms with Crippen molar-refractivity contribution in [1.29, 1.82) is 0 Å². The van der Waals surface area contributed by atoms with E-state index in [-0.39, 0.29) is 30.1 Å². The maximum Gasteiger partial charge on any atom is 0.425 e. The van der Waals surface area contributed by atoms with Gasteiger partial charge in [0.1, 0.15) is 11.6 Å². The fourth-order valence-corrected chi connectivity index (χ4v) is 4.96. The number of unbranched alkanes of at least 4 members (excludes halogenated alkanes) is 8. The molecular formula is C37H43F5O6. The molecule has 0 bridgehead atoms. The first kappa shape index (κ1) is 38.5. The number of carbonyl (C=O) groups excluding carboxylic acids is 2. The number of carbonyl (C=O) groups is 2. The van der Waals surface area contributed by atoms with Crippen LogP contribution in [-0.4, -0.2) is 44.5 Å². The van der Waals surface area contributed by atoms with Gasteiger partial charge in [-0.1, -0.05) is 70.1 Å². The van der Waals surface area contributed by atoms with Crippen molar-refractivity contribution >= 4 is 11.9 Å². The third-order valence-corrected chi connectivity index (χ3v) is 7.69. The molecule has 0 amide bonds. The lowest BCUT2D eigenvalue weighted by Crippen LogP contribution is -2.34. The lowest BCUT2D eigenvalue weighted by Gasteiger charge is -2.21. The molecule has 3 aromatic rings. The van der Waals surface area contributed by atoms with Crippen LogP contribution in [-0.2, 0) is 9.47 Å². The molecule has 48 heavy (non-hydrogen) atoms. The maximum atomic E-state index is 14.7. The van der Waals surface area contributed by atoms with E-state index in [9.17, 15) is 31.5 Å². The maximum absolute atomic E-state index is 14.7. The first-order chi connectivity index (χ1) is 23.0. The molecule has 11 heteroatoms. The summed E-state index contributed by atoms with van der Waals surface area (Å²) in [5.41, 5.74) is 0.570. The molecule has 3 aromatic carbocycles. The lowest BCUT2D eigenvalue weighted by atomic mass is 10.0. The van der Waals surface area contributed by atoms with E-state index in [1.54, 1.807) is 24.3 Å². The molecule has 0 fully saturated rings. The normalized spacial score (nSPS) is 12.1. The Morgan fingerprint density at radius 2 is 1.35 bits per heavy atom. The van der Waals surface area contributed by atoms with Gasteiger partial charge in [-0.15, -0.1) is 0 Å². The molecule has 262 valence electrons. The number of ether oxygens (including phenoxy) is 4. The zero-order valence-electron chi connectivity index (χ0n) is 27.4. The van der Waals surface area contributed by atoms with Gasteiger partial charge < -0.3 is 18.9 Å². The average molecular weight is 679 g/mol. The van der Waals surface area contributed by atoms with Gasteiger partial charge in [0, 0.05) is 19.8 Å². The topological polar surface area (TPSA) is 71.1 Å². The number of esters is 2. The molecular weight excluding hydrogens is 635 g/mol. The Morgan fingerprint density at radius 1 is 0.708 bits per heavy atom. The summed E-state index contributed by atoms with van der Waals surface area (Å²) in [6.45, 7) is 2.88. The Hall–Kier alpha value is -3.99. The SMILES string of the molecule is CCCCCCCCCCOc1ccc(-c2ccc(C(=O)Oc3ccc(C(=O)O[C@H](CCCCOC)C(F)(F)F)c(F)c3)cc2)cc1F. The van der Waals surface area contributed by atoms with Crippen LogP contribution in [0.5, 0.6) is 11.5 Å². The minimum Gasteiger partial charge on any atom is -0.491 e. The number of rotatable bonds is 20. The molecule has 0 aliphatic heterocycles. The van der Waals surface area contributed by atoms with Crippen molar-refractivity contribution in [2.75, 3.05) is 20.3 Å². The molecule has 0 N–H and O–H groups in total. The van der Waals surface area contributed by atoms with Crippen LogP contribution in [0.2, 0.25) is 0 Å². The number of alkyl halides is 3. The molecule has 0 aliphatic carbocycles. The fraction of sp³-hybridized carbons (Fsp3) is 0.459. The highest BCUT2D eigenvalue weighted by molar-refractivity contribution is 5.92. The molecule has 0 aromatic heterocycles. The molecule has 0 spiro atoms. The second kappa shape index (κ2) is 19.7. The third kappa shape index (κ3) is 12.6. The standard InChI is InChI=1S/C37H43F5O6/c1-3-4-5-6-7-8-9-11-23-46-33-21-18-28(24-32(33)39)26-14-16-27(17-15-26)35(43)47-29-19-20-30(31(38)25-29)36(44)48-34(37(40,41)42)13-10-12-22-45-2/h14-21,24-25,34H,3-13,22-23H2,1-2H3/t34-/m1/s1. The van der Waals surface area contributed by atoms with Gasteiger partial charge in [0.05, 0.1) is 17.7 Å².